The van der Waals surface area contributed by atoms with Crippen molar-refractivity contribution in [2.45, 2.75) is 0 Å². The van der Waals surface area contributed by atoms with Crippen LogP contribution in [-0.2, 0) is 0 Å². The third kappa shape index (κ3) is 4.50. The predicted octanol–water partition coefficient (Wildman–Crippen LogP) is 2.42. The molecule has 2 rings (SSSR count). The zero-order valence-corrected chi connectivity index (χ0v) is 11.9. The van der Waals surface area contributed by atoms with Crippen molar-refractivity contribution >= 4 is 23.3 Å². The Morgan fingerprint density at radius 1 is 1.14 bits per heavy atom. The molecular weight excluding hydrogens is 290 g/mol. The first-order valence-corrected chi connectivity index (χ1v) is 6.59. The molecule has 0 aliphatic heterocycles. The fourth-order valence-corrected chi connectivity index (χ4v) is 1.71. The molecule has 1 amide bonds. The number of halogens is 1. The highest BCUT2D eigenvalue weighted by Crippen LogP contribution is 2.22. The molecule has 2 aromatic carbocycles. The highest BCUT2D eigenvalue weighted by Gasteiger charge is 2.04. The molecule has 0 atom stereocenters. The largest absolute Gasteiger partial charge is 0.484 e. The maximum atomic E-state index is 11.7. The van der Waals surface area contributed by atoms with Crippen LogP contribution < -0.4 is 15.9 Å². The molecule has 0 aliphatic carbocycles. The molecule has 0 saturated heterocycles. The molecule has 0 bridgehead atoms. The molecule has 5 nitrogen and oxygen atoms in total. The van der Waals surface area contributed by atoms with Gasteiger partial charge in [0.1, 0.15) is 12.4 Å². The fourth-order valence-electron chi connectivity index (χ4n) is 1.52. The number of nitrogens with zero attached hydrogens (tertiary/aromatic N) is 1. The van der Waals surface area contributed by atoms with E-state index in [1.54, 1.807) is 48.5 Å². The quantitative estimate of drug-likeness (QED) is 0.506. The summed E-state index contributed by atoms with van der Waals surface area (Å²) in [6.45, 7) is 0.0266. The molecule has 0 spiro atoms. The second-order valence-electron chi connectivity index (χ2n) is 4.13. The fraction of sp³-hybridized carbons (Fsp3) is 0.0667. The van der Waals surface area contributed by atoms with Gasteiger partial charge in [-0.15, -0.1) is 0 Å². The summed E-state index contributed by atoms with van der Waals surface area (Å²) < 4.78 is 5.40. The number of hydrogen-bond acceptors (Lipinski definition) is 3. The number of carbonyl (C=O) groups excluding carboxylic acids is 1. The van der Waals surface area contributed by atoms with Gasteiger partial charge in [-0.1, -0.05) is 41.9 Å². The number of ether oxygens (including phenoxy) is 1. The van der Waals surface area contributed by atoms with Crippen molar-refractivity contribution in [1.82, 2.24) is 5.43 Å². The van der Waals surface area contributed by atoms with Crippen LogP contribution >= 0.6 is 11.6 Å². The maximum Gasteiger partial charge on any atom is 0.271 e. The Balaban J connectivity index is 1.87. The number of amidine groups is 1. The standard InChI is InChI=1S/C15H14ClN3O2/c16-12-8-4-5-9-13(12)21-10-14(17)18-19-15(20)11-6-2-1-3-7-11/h1-9H,10H2,(H2,17,18)(H,19,20). The molecule has 108 valence electrons. The Morgan fingerprint density at radius 2 is 1.81 bits per heavy atom. The minimum absolute atomic E-state index is 0.0266. The zero-order valence-electron chi connectivity index (χ0n) is 11.1. The smallest absolute Gasteiger partial charge is 0.271 e. The van der Waals surface area contributed by atoms with Crippen LogP contribution in [-0.4, -0.2) is 18.3 Å². The number of benzene rings is 2. The highest BCUT2D eigenvalue weighted by molar-refractivity contribution is 6.32. The summed E-state index contributed by atoms with van der Waals surface area (Å²) in [5.74, 6) is 0.308. The molecule has 6 heteroatoms. The van der Waals surface area contributed by atoms with E-state index >= 15 is 0 Å². The van der Waals surface area contributed by atoms with E-state index in [0.717, 1.165) is 0 Å². The monoisotopic (exact) mass is 303 g/mol. The van der Waals surface area contributed by atoms with Crippen LogP contribution in [0, 0.1) is 0 Å². The lowest BCUT2D eigenvalue weighted by Crippen LogP contribution is -2.27. The Hall–Kier alpha value is -2.53. The van der Waals surface area contributed by atoms with Gasteiger partial charge in [0.2, 0.25) is 0 Å². The lowest BCUT2D eigenvalue weighted by Gasteiger charge is -2.07. The summed E-state index contributed by atoms with van der Waals surface area (Å²) >= 11 is 5.94. The van der Waals surface area contributed by atoms with Gasteiger partial charge in [0.05, 0.1) is 5.02 Å². The summed E-state index contributed by atoms with van der Waals surface area (Å²) in [5, 5.41) is 4.26. The Bertz CT molecular complexity index is 644. The van der Waals surface area contributed by atoms with Crippen molar-refractivity contribution < 1.29 is 9.53 Å². The van der Waals surface area contributed by atoms with Crippen LogP contribution in [0.1, 0.15) is 10.4 Å². The van der Waals surface area contributed by atoms with Gasteiger partial charge in [-0.05, 0) is 24.3 Å². The molecule has 2 aromatic rings. The van der Waals surface area contributed by atoms with Gasteiger partial charge in [0.25, 0.3) is 5.91 Å². The number of amides is 1. The minimum Gasteiger partial charge on any atom is -0.484 e. The van der Waals surface area contributed by atoms with Crippen molar-refractivity contribution in [3.63, 3.8) is 0 Å². The van der Waals surface area contributed by atoms with Crippen molar-refractivity contribution in [2.24, 2.45) is 10.8 Å². The number of carbonyl (C=O) groups is 1. The molecule has 0 fully saturated rings. The summed E-state index contributed by atoms with van der Waals surface area (Å²) in [6.07, 6.45) is 0. The zero-order chi connectivity index (χ0) is 15.1. The Kier molecular flexibility index (Phi) is 5.17. The van der Waals surface area contributed by atoms with Crippen molar-refractivity contribution in [3.05, 3.63) is 65.2 Å². The predicted molar refractivity (Wildman–Crippen MR) is 82.5 cm³/mol. The molecule has 0 aliphatic rings. The average Bonchev–Trinajstić information content (AvgIpc) is 2.52. The number of para-hydroxylation sites is 1. The molecule has 21 heavy (non-hydrogen) atoms. The van der Waals surface area contributed by atoms with E-state index in [4.69, 9.17) is 22.1 Å². The van der Waals surface area contributed by atoms with E-state index in [0.29, 0.717) is 16.3 Å². The number of hydrogen-bond donors (Lipinski definition) is 2. The highest BCUT2D eigenvalue weighted by atomic mass is 35.5. The van der Waals surface area contributed by atoms with Crippen LogP contribution in [0.2, 0.25) is 5.02 Å². The summed E-state index contributed by atoms with van der Waals surface area (Å²) in [6, 6.07) is 15.7. The maximum absolute atomic E-state index is 11.7. The van der Waals surface area contributed by atoms with Crippen LogP contribution in [0.4, 0.5) is 0 Å². The van der Waals surface area contributed by atoms with Gasteiger partial charge in [0.15, 0.2) is 5.84 Å². The Morgan fingerprint density at radius 3 is 2.52 bits per heavy atom. The molecule has 0 radical (unpaired) electrons. The van der Waals surface area contributed by atoms with Crippen LogP contribution in [0.5, 0.6) is 5.75 Å². The van der Waals surface area contributed by atoms with Crippen molar-refractivity contribution in [2.75, 3.05) is 6.61 Å². The second-order valence-corrected chi connectivity index (χ2v) is 4.54. The van der Waals surface area contributed by atoms with E-state index in [1.807, 2.05) is 6.07 Å². The SMILES string of the molecule is N/C(COc1ccccc1Cl)=N\NC(=O)c1ccccc1. The normalized spacial score (nSPS) is 11.0. The van der Waals surface area contributed by atoms with Crippen molar-refractivity contribution in [1.29, 1.82) is 0 Å². The summed E-state index contributed by atoms with van der Waals surface area (Å²) in [5.41, 5.74) is 8.53. The van der Waals surface area contributed by atoms with E-state index < -0.39 is 0 Å². The number of nitrogens with two attached hydrogens (primary N) is 1. The van der Waals surface area contributed by atoms with E-state index in [2.05, 4.69) is 10.5 Å². The molecule has 0 heterocycles. The summed E-state index contributed by atoms with van der Waals surface area (Å²) in [4.78, 5) is 11.7. The van der Waals surface area contributed by atoms with Gasteiger partial charge in [-0.2, -0.15) is 5.10 Å². The van der Waals surface area contributed by atoms with Crippen LogP contribution in [0.3, 0.4) is 0 Å². The number of nitrogens with one attached hydrogen (secondary N) is 1. The first kappa shape index (κ1) is 14.9. The number of hydrazone groups is 1. The first-order valence-electron chi connectivity index (χ1n) is 6.21. The minimum atomic E-state index is -0.337. The molecule has 3 N–H and O–H groups in total. The lowest BCUT2D eigenvalue weighted by atomic mass is 10.2. The van der Waals surface area contributed by atoms with Gasteiger partial charge < -0.3 is 10.5 Å². The summed E-state index contributed by atoms with van der Waals surface area (Å²) in [7, 11) is 0. The topological polar surface area (TPSA) is 76.7 Å². The molecule has 0 aromatic heterocycles. The van der Waals surface area contributed by atoms with Gasteiger partial charge in [-0.3, -0.25) is 4.79 Å². The van der Waals surface area contributed by atoms with Gasteiger partial charge in [0, 0.05) is 5.56 Å². The lowest BCUT2D eigenvalue weighted by molar-refractivity contribution is 0.0954. The molecule has 0 unspecified atom stereocenters. The van der Waals surface area contributed by atoms with Crippen LogP contribution in [0.25, 0.3) is 0 Å². The Labute approximate surface area is 127 Å². The van der Waals surface area contributed by atoms with E-state index in [1.165, 1.54) is 0 Å². The number of rotatable bonds is 5. The first-order chi connectivity index (χ1) is 10.2. The average molecular weight is 304 g/mol. The van der Waals surface area contributed by atoms with Gasteiger partial charge in [-0.25, -0.2) is 5.43 Å². The van der Waals surface area contributed by atoms with E-state index in [-0.39, 0.29) is 18.3 Å². The molecule has 0 saturated carbocycles. The van der Waals surface area contributed by atoms with Crippen LogP contribution in [0.15, 0.2) is 59.7 Å². The van der Waals surface area contributed by atoms with E-state index in [9.17, 15) is 4.79 Å². The third-order valence-electron chi connectivity index (χ3n) is 2.55. The van der Waals surface area contributed by atoms with Gasteiger partial charge >= 0.3 is 0 Å². The third-order valence-corrected chi connectivity index (χ3v) is 2.86. The van der Waals surface area contributed by atoms with Crippen molar-refractivity contribution in [3.8, 4) is 5.75 Å². The second kappa shape index (κ2) is 7.31. The molecular formula is C15H14ClN3O2.